The monoisotopic (exact) mass is 298 g/mol. The molecule has 4 heteroatoms. The minimum Gasteiger partial charge on any atom is -0.497 e. The number of hydrogen-bond acceptors (Lipinski definition) is 3. The highest BCUT2D eigenvalue weighted by Crippen LogP contribution is 2.18. The van der Waals surface area contributed by atoms with Crippen LogP contribution in [0.2, 0.25) is 0 Å². The van der Waals surface area contributed by atoms with E-state index < -0.39 is 0 Å². The molecule has 0 aliphatic carbocycles. The minimum absolute atomic E-state index is 0.00289. The third kappa shape index (κ3) is 3.58. The molecule has 1 amide bonds. The van der Waals surface area contributed by atoms with Gasteiger partial charge in [0, 0.05) is 24.3 Å². The first-order valence-corrected chi connectivity index (χ1v) is 7.33. The van der Waals surface area contributed by atoms with Crippen LogP contribution in [0.4, 0.5) is 5.69 Å². The summed E-state index contributed by atoms with van der Waals surface area (Å²) in [5, 5.41) is 0. The molecule has 0 spiro atoms. The second-order valence-electron chi connectivity index (χ2n) is 5.24. The summed E-state index contributed by atoms with van der Waals surface area (Å²) in [5.41, 5.74) is 9.08. The lowest BCUT2D eigenvalue weighted by atomic mass is 10.1. The van der Waals surface area contributed by atoms with Crippen LogP contribution < -0.4 is 10.5 Å². The normalized spacial score (nSPS) is 10.3. The Balaban J connectivity index is 2.19. The topological polar surface area (TPSA) is 55.6 Å². The maximum Gasteiger partial charge on any atom is 0.254 e. The maximum atomic E-state index is 12.7. The first-order chi connectivity index (χ1) is 10.5. The van der Waals surface area contributed by atoms with Crippen LogP contribution in [0.3, 0.4) is 0 Å². The first-order valence-electron chi connectivity index (χ1n) is 7.33. The van der Waals surface area contributed by atoms with Gasteiger partial charge in [-0.1, -0.05) is 18.2 Å². The van der Waals surface area contributed by atoms with Crippen LogP contribution in [0, 0.1) is 6.92 Å². The van der Waals surface area contributed by atoms with Gasteiger partial charge in [-0.05, 0) is 49.2 Å². The zero-order chi connectivity index (χ0) is 16.1. The number of carbonyl (C=O) groups is 1. The van der Waals surface area contributed by atoms with Crippen molar-refractivity contribution in [3.8, 4) is 5.75 Å². The van der Waals surface area contributed by atoms with Gasteiger partial charge in [-0.3, -0.25) is 4.79 Å². The van der Waals surface area contributed by atoms with Gasteiger partial charge in [-0.25, -0.2) is 0 Å². The lowest BCUT2D eigenvalue weighted by molar-refractivity contribution is 0.0752. The lowest BCUT2D eigenvalue weighted by Crippen LogP contribution is -2.30. The number of methoxy groups -OCH3 is 1. The van der Waals surface area contributed by atoms with Crippen molar-refractivity contribution < 1.29 is 9.53 Å². The Morgan fingerprint density at radius 3 is 2.45 bits per heavy atom. The van der Waals surface area contributed by atoms with E-state index in [2.05, 4.69) is 0 Å². The molecule has 0 bridgehead atoms. The van der Waals surface area contributed by atoms with Crippen LogP contribution in [-0.2, 0) is 6.54 Å². The summed E-state index contributed by atoms with van der Waals surface area (Å²) in [6.45, 7) is 5.10. The molecule has 0 aromatic heterocycles. The van der Waals surface area contributed by atoms with E-state index in [9.17, 15) is 4.79 Å². The van der Waals surface area contributed by atoms with Gasteiger partial charge in [0.15, 0.2) is 0 Å². The molecule has 22 heavy (non-hydrogen) atoms. The van der Waals surface area contributed by atoms with Crippen molar-refractivity contribution in [2.45, 2.75) is 20.4 Å². The summed E-state index contributed by atoms with van der Waals surface area (Å²) in [6, 6.07) is 13.2. The zero-order valence-electron chi connectivity index (χ0n) is 13.3. The number of carbonyl (C=O) groups excluding carboxylic acids is 1. The van der Waals surface area contributed by atoms with Gasteiger partial charge in [0.05, 0.1) is 7.11 Å². The molecule has 0 saturated heterocycles. The average molecular weight is 298 g/mol. The van der Waals surface area contributed by atoms with Crippen LogP contribution in [-0.4, -0.2) is 24.5 Å². The fourth-order valence-electron chi connectivity index (χ4n) is 2.32. The Kier molecular flexibility index (Phi) is 5.04. The van der Waals surface area contributed by atoms with Crippen LogP contribution >= 0.6 is 0 Å². The van der Waals surface area contributed by atoms with Crippen molar-refractivity contribution in [2.24, 2.45) is 0 Å². The third-order valence-corrected chi connectivity index (χ3v) is 3.69. The van der Waals surface area contributed by atoms with Crippen molar-refractivity contribution in [1.82, 2.24) is 4.90 Å². The molecule has 2 aromatic rings. The Morgan fingerprint density at radius 2 is 1.86 bits per heavy atom. The maximum absolute atomic E-state index is 12.7. The molecule has 4 nitrogen and oxygen atoms in total. The molecule has 0 aliphatic rings. The molecule has 0 saturated carbocycles. The number of hydrogen-bond donors (Lipinski definition) is 1. The number of ether oxygens (including phenoxy) is 1. The minimum atomic E-state index is 0.00289. The first kappa shape index (κ1) is 15.9. The van der Waals surface area contributed by atoms with E-state index in [1.165, 1.54) is 0 Å². The number of anilines is 1. The molecular weight excluding hydrogens is 276 g/mol. The summed E-state index contributed by atoms with van der Waals surface area (Å²) in [7, 11) is 1.64. The number of amides is 1. The molecule has 0 radical (unpaired) electrons. The zero-order valence-corrected chi connectivity index (χ0v) is 13.3. The van der Waals surface area contributed by atoms with Crippen LogP contribution in [0.25, 0.3) is 0 Å². The second kappa shape index (κ2) is 6.98. The van der Waals surface area contributed by atoms with E-state index >= 15 is 0 Å². The van der Waals surface area contributed by atoms with Crippen molar-refractivity contribution in [3.05, 3.63) is 59.2 Å². The largest absolute Gasteiger partial charge is 0.497 e. The molecule has 2 aromatic carbocycles. The van der Waals surface area contributed by atoms with Crippen molar-refractivity contribution in [2.75, 3.05) is 19.4 Å². The number of rotatable bonds is 5. The van der Waals surface area contributed by atoms with Gasteiger partial charge in [0.2, 0.25) is 0 Å². The third-order valence-electron chi connectivity index (χ3n) is 3.69. The summed E-state index contributed by atoms with van der Waals surface area (Å²) in [5.74, 6) is 0.813. The van der Waals surface area contributed by atoms with Gasteiger partial charge >= 0.3 is 0 Å². The molecule has 0 aliphatic heterocycles. The number of benzene rings is 2. The quantitative estimate of drug-likeness (QED) is 0.862. The number of aryl methyl sites for hydroxylation is 1. The number of nitrogen functional groups attached to an aromatic ring is 1. The second-order valence-corrected chi connectivity index (χ2v) is 5.24. The summed E-state index contributed by atoms with van der Waals surface area (Å²) >= 11 is 0. The van der Waals surface area contributed by atoms with Gasteiger partial charge in [-0.15, -0.1) is 0 Å². The van der Waals surface area contributed by atoms with Gasteiger partial charge in [0.25, 0.3) is 5.91 Å². The average Bonchev–Trinajstić information content (AvgIpc) is 2.54. The number of nitrogens with two attached hydrogens (primary N) is 1. The van der Waals surface area contributed by atoms with Crippen molar-refractivity contribution >= 4 is 11.6 Å². The molecule has 2 rings (SSSR count). The van der Waals surface area contributed by atoms with Gasteiger partial charge in [-0.2, -0.15) is 0 Å². The molecule has 0 heterocycles. The van der Waals surface area contributed by atoms with Gasteiger partial charge in [0.1, 0.15) is 5.75 Å². The van der Waals surface area contributed by atoms with Crippen LogP contribution in [0.1, 0.15) is 28.4 Å². The molecule has 2 N–H and O–H groups in total. The molecular formula is C18H22N2O2. The predicted octanol–water partition coefficient (Wildman–Crippen LogP) is 3.25. The summed E-state index contributed by atoms with van der Waals surface area (Å²) < 4.78 is 5.15. The van der Waals surface area contributed by atoms with E-state index in [4.69, 9.17) is 10.5 Å². The Bertz CT molecular complexity index is 651. The standard InChI is InChI=1S/C18H22N2O2/c1-4-20(12-14-6-9-16(22-3)10-7-14)18(21)17-11-15(19)8-5-13(17)2/h5-11H,4,12,19H2,1-3H3. The van der Waals surface area contributed by atoms with E-state index in [-0.39, 0.29) is 5.91 Å². The highest BCUT2D eigenvalue weighted by atomic mass is 16.5. The Hall–Kier alpha value is -2.49. The van der Waals surface area contributed by atoms with Crippen molar-refractivity contribution in [1.29, 1.82) is 0 Å². The molecule has 116 valence electrons. The fourth-order valence-corrected chi connectivity index (χ4v) is 2.32. The van der Waals surface area contributed by atoms with Crippen molar-refractivity contribution in [3.63, 3.8) is 0 Å². The van der Waals surface area contributed by atoms with Crippen LogP contribution in [0.5, 0.6) is 5.75 Å². The Labute approximate surface area is 131 Å². The SMILES string of the molecule is CCN(Cc1ccc(OC)cc1)C(=O)c1cc(N)ccc1C. The van der Waals surface area contributed by atoms with E-state index in [1.54, 1.807) is 13.2 Å². The molecule has 0 fully saturated rings. The smallest absolute Gasteiger partial charge is 0.254 e. The van der Waals surface area contributed by atoms with Gasteiger partial charge < -0.3 is 15.4 Å². The highest BCUT2D eigenvalue weighted by molar-refractivity contribution is 5.96. The van der Waals surface area contributed by atoms with Crippen LogP contribution in [0.15, 0.2) is 42.5 Å². The van der Waals surface area contributed by atoms with E-state index in [0.717, 1.165) is 16.9 Å². The fraction of sp³-hybridized carbons (Fsp3) is 0.278. The lowest BCUT2D eigenvalue weighted by Gasteiger charge is -2.22. The number of nitrogens with zero attached hydrogens (tertiary/aromatic N) is 1. The Morgan fingerprint density at radius 1 is 1.18 bits per heavy atom. The van der Waals surface area contributed by atoms with E-state index in [0.29, 0.717) is 24.3 Å². The predicted molar refractivity (Wildman–Crippen MR) is 89.0 cm³/mol. The highest BCUT2D eigenvalue weighted by Gasteiger charge is 2.17. The summed E-state index contributed by atoms with van der Waals surface area (Å²) in [4.78, 5) is 14.5. The molecule has 0 atom stereocenters. The summed E-state index contributed by atoms with van der Waals surface area (Å²) in [6.07, 6.45) is 0. The molecule has 0 unspecified atom stereocenters. The van der Waals surface area contributed by atoms with E-state index in [1.807, 2.05) is 55.1 Å².